The molecule has 20 heavy (non-hydrogen) atoms. The Kier molecular flexibility index (Phi) is 9.57. The van der Waals surface area contributed by atoms with E-state index in [-0.39, 0.29) is 5.75 Å². The summed E-state index contributed by atoms with van der Waals surface area (Å²) in [7, 11) is 0. The average Bonchev–Trinajstić information content (AvgIpc) is 2.45. The van der Waals surface area contributed by atoms with Gasteiger partial charge in [0.1, 0.15) is 5.75 Å². The Hall–Kier alpha value is -0.690. The smallest absolute Gasteiger partial charge is 0.134 e. The predicted octanol–water partition coefficient (Wildman–Crippen LogP) is 6.51. The molecule has 0 aromatic heterocycles. The maximum Gasteiger partial charge on any atom is 0.134 e. The van der Waals surface area contributed by atoms with Gasteiger partial charge in [-0.05, 0) is 30.5 Å². The molecule has 0 spiro atoms. The average molecular weight is 297 g/mol. The van der Waals surface area contributed by atoms with Crippen LogP contribution < -0.4 is 0 Å². The molecule has 1 aromatic rings. The van der Waals surface area contributed by atoms with E-state index in [0.29, 0.717) is 5.02 Å². The molecule has 0 aliphatic rings. The zero-order valence-electron chi connectivity index (χ0n) is 12.8. The number of hydrogen-bond donors (Lipinski definition) is 1. The summed E-state index contributed by atoms with van der Waals surface area (Å²) in [5.41, 5.74) is 1.23. The van der Waals surface area contributed by atoms with Crippen molar-refractivity contribution >= 4 is 11.6 Å². The molecule has 2 heteroatoms. The van der Waals surface area contributed by atoms with E-state index >= 15 is 0 Å². The van der Waals surface area contributed by atoms with Gasteiger partial charge in [-0.2, -0.15) is 0 Å². The fourth-order valence-corrected chi connectivity index (χ4v) is 2.73. The summed E-state index contributed by atoms with van der Waals surface area (Å²) in [4.78, 5) is 0. The molecule has 1 N–H and O–H groups in total. The van der Waals surface area contributed by atoms with E-state index in [9.17, 15) is 5.11 Å². The summed E-state index contributed by atoms with van der Waals surface area (Å²) in [5, 5.41) is 9.83. The summed E-state index contributed by atoms with van der Waals surface area (Å²) < 4.78 is 0. The van der Waals surface area contributed by atoms with Gasteiger partial charge in [-0.25, -0.2) is 0 Å². The number of unbranched alkanes of at least 4 members (excludes halogenated alkanes) is 9. The summed E-state index contributed by atoms with van der Waals surface area (Å²) >= 11 is 5.90. The second kappa shape index (κ2) is 11.0. The Morgan fingerprint density at radius 1 is 0.850 bits per heavy atom. The van der Waals surface area contributed by atoms with Crippen LogP contribution in [0.2, 0.25) is 5.02 Å². The van der Waals surface area contributed by atoms with Crippen LogP contribution in [0.3, 0.4) is 0 Å². The number of phenolic OH excluding ortho intramolecular Hbond substituents is 1. The molecular formula is C18H29ClO. The molecule has 0 amide bonds. The zero-order chi connectivity index (χ0) is 14.6. The number of benzene rings is 1. The van der Waals surface area contributed by atoms with Crippen molar-refractivity contribution in [2.24, 2.45) is 0 Å². The normalized spacial score (nSPS) is 10.9. The van der Waals surface area contributed by atoms with Crippen molar-refractivity contribution in [3.8, 4) is 5.75 Å². The van der Waals surface area contributed by atoms with Gasteiger partial charge in [0.05, 0.1) is 5.02 Å². The first-order valence-corrected chi connectivity index (χ1v) is 8.59. The Morgan fingerprint density at radius 2 is 1.40 bits per heavy atom. The van der Waals surface area contributed by atoms with Gasteiger partial charge in [0.15, 0.2) is 0 Å². The van der Waals surface area contributed by atoms with Crippen molar-refractivity contribution in [2.75, 3.05) is 0 Å². The van der Waals surface area contributed by atoms with Crippen LogP contribution in [0.15, 0.2) is 18.2 Å². The lowest BCUT2D eigenvalue weighted by Gasteiger charge is -2.04. The molecule has 1 rings (SSSR count). The highest BCUT2D eigenvalue weighted by Crippen LogP contribution is 2.24. The largest absolute Gasteiger partial charge is 0.506 e. The number of phenols is 1. The molecular weight excluding hydrogens is 268 g/mol. The molecule has 0 aliphatic carbocycles. The highest BCUT2D eigenvalue weighted by molar-refractivity contribution is 6.32. The number of rotatable bonds is 11. The lowest BCUT2D eigenvalue weighted by molar-refractivity contribution is 0.475. The maximum atomic E-state index is 9.36. The van der Waals surface area contributed by atoms with Crippen molar-refractivity contribution in [2.45, 2.75) is 77.6 Å². The molecule has 0 saturated heterocycles. The van der Waals surface area contributed by atoms with Crippen LogP contribution in [0.25, 0.3) is 0 Å². The van der Waals surface area contributed by atoms with Crippen LogP contribution >= 0.6 is 11.6 Å². The van der Waals surface area contributed by atoms with E-state index < -0.39 is 0 Å². The van der Waals surface area contributed by atoms with Crippen LogP contribution in [0.1, 0.15) is 76.7 Å². The summed E-state index contributed by atoms with van der Waals surface area (Å²) in [6.07, 6.45) is 14.7. The molecule has 0 fully saturated rings. The molecule has 0 radical (unpaired) electrons. The first-order chi connectivity index (χ1) is 9.74. The van der Waals surface area contributed by atoms with Gasteiger partial charge in [-0.1, -0.05) is 82.4 Å². The minimum atomic E-state index is 0.179. The van der Waals surface area contributed by atoms with Gasteiger partial charge >= 0.3 is 0 Å². The van der Waals surface area contributed by atoms with Crippen molar-refractivity contribution in [1.82, 2.24) is 0 Å². The third-order valence-corrected chi connectivity index (χ3v) is 4.13. The minimum absolute atomic E-state index is 0.179. The van der Waals surface area contributed by atoms with E-state index in [2.05, 4.69) is 6.92 Å². The first kappa shape index (κ1) is 17.4. The summed E-state index contributed by atoms with van der Waals surface area (Å²) in [6, 6.07) is 5.54. The summed E-state index contributed by atoms with van der Waals surface area (Å²) in [5.74, 6) is 0.179. The molecule has 0 unspecified atom stereocenters. The number of halogens is 1. The van der Waals surface area contributed by atoms with Crippen molar-refractivity contribution in [3.63, 3.8) is 0 Å². The minimum Gasteiger partial charge on any atom is -0.506 e. The van der Waals surface area contributed by atoms with Gasteiger partial charge in [0.25, 0.3) is 0 Å². The number of hydrogen-bond acceptors (Lipinski definition) is 1. The van der Waals surface area contributed by atoms with E-state index in [1.165, 1.54) is 69.8 Å². The number of aryl methyl sites for hydroxylation is 1. The standard InChI is InChI=1S/C18H29ClO/c1-2-3-4-5-6-7-8-9-10-11-12-16-13-14-18(20)17(19)15-16/h13-15,20H,2-12H2,1H3. The Bertz CT molecular complexity index is 362. The van der Waals surface area contributed by atoms with Crippen LogP contribution in [0, 0.1) is 0 Å². The fraction of sp³-hybridized carbons (Fsp3) is 0.667. The molecule has 0 saturated carbocycles. The van der Waals surface area contributed by atoms with Gasteiger partial charge in [0.2, 0.25) is 0 Å². The Labute approximate surface area is 129 Å². The first-order valence-electron chi connectivity index (χ1n) is 8.21. The van der Waals surface area contributed by atoms with E-state index in [1.807, 2.05) is 12.1 Å². The Balaban J connectivity index is 1.95. The predicted molar refractivity (Wildman–Crippen MR) is 88.7 cm³/mol. The molecule has 1 aromatic carbocycles. The van der Waals surface area contributed by atoms with Crippen LogP contribution in [0.5, 0.6) is 5.75 Å². The van der Waals surface area contributed by atoms with Crippen molar-refractivity contribution in [1.29, 1.82) is 0 Å². The van der Waals surface area contributed by atoms with Crippen molar-refractivity contribution < 1.29 is 5.11 Å². The van der Waals surface area contributed by atoms with E-state index in [4.69, 9.17) is 11.6 Å². The van der Waals surface area contributed by atoms with Crippen LogP contribution in [0.4, 0.5) is 0 Å². The van der Waals surface area contributed by atoms with Gasteiger partial charge in [-0.15, -0.1) is 0 Å². The van der Waals surface area contributed by atoms with Gasteiger partial charge < -0.3 is 5.11 Å². The van der Waals surface area contributed by atoms with E-state index in [1.54, 1.807) is 6.07 Å². The van der Waals surface area contributed by atoms with Crippen LogP contribution in [-0.2, 0) is 6.42 Å². The SMILES string of the molecule is CCCCCCCCCCCCc1ccc(O)c(Cl)c1. The van der Waals surface area contributed by atoms with Crippen molar-refractivity contribution in [3.05, 3.63) is 28.8 Å². The summed E-state index contributed by atoms with van der Waals surface area (Å²) in [6.45, 7) is 2.27. The van der Waals surface area contributed by atoms with Gasteiger partial charge in [0, 0.05) is 0 Å². The molecule has 1 nitrogen and oxygen atoms in total. The second-order valence-electron chi connectivity index (χ2n) is 5.72. The quantitative estimate of drug-likeness (QED) is 0.461. The molecule has 0 heterocycles. The lowest BCUT2D eigenvalue weighted by atomic mass is 10.0. The topological polar surface area (TPSA) is 20.2 Å². The third kappa shape index (κ3) is 7.79. The fourth-order valence-electron chi connectivity index (χ4n) is 2.52. The maximum absolute atomic E-state index is 9.36. The van der Waals surface area contributed by atoms with Crippen LogP contribution in [-0.4, -0.2) is 5.11 Å². The monoisotopic (exact) mass is 296 g/mol. The highest BCUT2D eigenvalue weighted by atomic mass is 35.5. The molecule has 0 aliphatic heterocycles. The molecule has 114 valence electrons. The second-order valence-corrected chi connectivity index (χ2v) is 6.12. The zero-order valence-corrected chi connectivity index (χ0v) is 13.6. The van der Waals surface area contributed by atoms with E-state index in [0.717, 1.165) is 6.42 Å². The Morgan fingerprint density at radius 3 is 1.95 bits per heavy atom. The number of aromatic hydroxyl groups is 1. The third-order valence-electron chi connectivity index (χ3n) is 3.83. The van der Waals surface area contributed by atoms with Gasteiger partial charge in [-0.3, -0.25) is 0 Å². The highest BCUT2D eigenvalue weighted by Gasteiger charge is 2.00. The molecule has 0 atom stereocenters. The molecule has 0 bridgehead atoms. The lowest BCUT2D eigenvalue weighted by Crippen LogP contribution is -1.87.